The van der Waals surface area contributed by atoms with Crippen LogP contribution in [-0.2, 0) is 14.9 Å². The monoisotopic (exact) mass is 366 g/mol. The highest BCUT2D eigenvalue weighted by molar-refractivity contribution is 5.88. The zero-order valence-corrected chi connectivity index (χ0v) is 15.9. The third kappa shape index (κ3) is 3.17. The van der Waals surface area contributed by atoms with Crippen molar-refractivity contribution in [1.29, 1.82) is 0 Å². The van der Waals surface area contributed by atoms with Crippen LogP contribution in [-0.4, -0.2) is 55.0 Å². The second-order valence-corrected chi connectivity index (χ2v) is 8.33. The summed E-state index contributed by atoms with van der Waals surface area (Å²) in [5, 5.41) is 10.5. The third-order valence-electron chi connectivity index (χ3n) is 6.60. The predicted molar refractivity (Wildman–Crippen MR) is 104 cm³/mol. The van der Waals surface area contributed by atoms with Gasteiger partial charge in [0.05, 0.1) is 26.7 Å². The molecular formula is C23H28NO3+. The largest absolute Gasteiger partial charge is 0.455 e. The lowest BCUT2D eigenvalue weighted by Gasteiger charge is -2.50. The van der Waals surface area contributed by atoms with Crippen molar-refractivity contribution in [3.63, 3.8) is 0 Å². The maximum Gasteiger partial charge on any atom is 0.323 e. The molecule has 1 N–H and O–H groups in total. The summed E-state index contributed by atoms with van der Waals surface area (Å²) >= 11 is 0. The van der Waals surface area contributed by atoms with Gasteiger partial charge < -0.3 is 14.3 Å². The normalized spacial score (nSPS) is 27.3. The Balaban J connectivity index is 1.70. The molecule has 0 spiro atoms. The molecule has 3 saturated heterocycles. The fraction of sp³-hybridized carbons (Fsp3) is 0.435. The van der Waals surface area contributed by atoms with Crippen molar-refractivity contribution in [3.05, 3.63) is 71.8 Å². The first-order valence-corrected chi connectivity index (χ1v) is 9.84. The molecule has 142 valence electrons. The number of aliphatic hydroxyl groups is 1. The Morgan fingerprint density at radius 2 is 1.56 bits per heavy atom. The molecule has 0 saturated carbocycles. The predicted octanol–water partition coefficient (Wildman–Crippen LogP) is 2.75. The van der Waals surface area contributed by atoms with Crippen molar-refractivity contribution >= 4 is 5.97 Å². The summed E-state index contributed by atoms with van der Waals surface area (Å²) in [5.41, 5.74) is 0.350. The van der Waals surface area contributed by atoms with Crippen LogP contribution in [0.5, 0.6) is 0 Å². The molecule has 3 aliphatic rings. The van der Waals surface area contributed by atoms with Crippen molar-refractivity contribution in [2.75, 3.05) is 33.3 Å². The van der Waals surface area contributed by atoms with Crippen LogP contribution in [0.25, 0.3) is 0 Å². The number of quaternary nitrogens is 1. The topological polar surface area (TPSA) is 46.5 Å². The first-order valence-electron chi connectivity index (χ1n) is 9.84. The maximum absolute atomic E-state index is 13.6. The fourth-order valence-electron chi connectivity index (χ4n) is 4.82. The van der Waals surface area contributed by atoms with Crippen LogP contribution < -0.4 is 0 Å². The molecule has 0 radical (unpaired) electrons. The van der Waals surface area contributed by atoms with Gasteiger partial charge in [-0.25, -0.2) is 0 Å². The maximum atomic E-state index is 13.6. The number of benzene rings is 2. The number of nitrogens with zero attached hydrogens (tertiary/aromatic N) is 1. The Labute approximate surface area is 161 Å². The fourth-order valence-corrected chi connectivity index (χ4v) is 4.82. The number of piperidine rings is 3. The summed E-state index contributed by atoms with van der Waals surface area (Å²) in [6.07, 6.45) is 2.15. The summed E-state index contributed by atoms with van der Waals surface area (Å²) < 4.78 is 7.12. The highest BCUT2D eigenvalue weighted by atomic mass is 16.5. The van der Waals surface area contributed by atoms with E-state index >= 15 is 0 Å². The highest BCUT2D eigenvalue weighted by Crippen LogP contribution is 2.38. The molecule has 4 nitrogen and oxygen atoms in total. The summed E-state index contributed by atoms with van der Waals surface area (Å²) in [6, 6.07) is 19.0. The minimum atomic E-state index is -1.19. The lowest BCUT2D eigenvalue weighted by molar-refractivity contribution is -0.928. The van der Waals surface area contributed by atoms with Crippen molar-refractivity contribution < 1.29 is 19.1 Å². The van der Waals surface area contributed by atoms with Crippen LogP contribution in [0.15, 0.2) is 60.7 Å². The van der Waals surface area contributed by atoms with Gasteiger partial charge in [-0.05, 0) is 11.1 Å². The Bertz CT molecular complexity index is 742. The molecular weight excluding hydrogens is 338 g/mol. The van der Waals surface area contributed by atoms with E-state index in [2.05, 4.69) is 7.05 Å². The number of ether oxygens (including phenoxy) is 1. The average molecular weight is 366 g/mol. The molecule has 2 aromatic carbocycles. The smallest absolute Gasteiger partial charge is 0.323 e. The van der Waals surface area contributed by atoms with Gasteiger partial charge in [0.2, 0.25) is 0 Å². The molecule has 5 rings (SSSR count). The Kier molecular flexibility index (Phi) is 4.79. The SMILES string of the molecule is C[N+]12CCC(CC1)C(OC(=O)C(CO)(c1ccccc1)c1ccccc1)C2. The van der Waals surface area contributed by atoms with Crippen molar-refractivity contribution in [3.8, 4) is 0 Å². The molecule has 0 aromatic heterocycles. The number of likely N-dealkylation sites (N-methyl/N-ethyl adjacent to an activating group) is 1. The molecule has 0 aliphatic carbocycles. The molecule has 0 amide bonds. The van der Waals surface area contributed by atoms with E-state index in [1.54, 1.807) is 0 Å². The summed E-state index contributed by atoms with van der Waals surface area (Å²) in [7, 11) is 2.25. The van der Waals surface area contributed by atoms with Crippen LogP contribution in [0.2, 0.25) is 0 Å². The number of hydrogen-bond acceptors (Lipinski definition) is 3. The van der Waals surface area contributed by atoms with E-state index < -0.39 is 5.41 Å². The average Bonchev–Trinajstić information content (AvgIpc) is 2.71. The molecule has 1 unspecified atom stereocenters. The summed E-state index contributed by atoms with van der Waals surface area (Å²) in [4.78, 5) is 13.6. The lowest BCUT2D eigenvalue weighted by Crippen LogP contribution is -2.62. The molecule has 2 aromatic rings. The Morgan fingerprint density at radius 1 is 1.04 bits per heavy atom. The van der Waals surface area contributed by atoms with Gasteiger partial charge in [0.25, 0.3) is 0 Å². The zero-order chi connectivity index (χ0) is 18.9. The van der Waals surface area contributed by atoms with E-state index in [-0.39, 0.29) is 18.7 Å². The number of hydrogen-bond donors (Lipinski definition) is 1. The number of aliphatic hydroxyl groups excluding tert-OH is 1. The van der Waals surface area contributed by atoms with E-state index in [0.717, 1.165) is 35.0 Å². The Hall–Kier alpha value is -2.17. The number of carbonyl (C=O) groups excluding carboxylic acids is 1. The van der Waals surface area contributed by atoms with E-state index in [1.165, 1.54) is 13.1 Å². The lowest BCUT2D eigenvalue weighted by atomic mass is 9.74. The van der Waals surface area contributed by atoms with Gasteiger partial charge in [-0.15, -0.1) is 0 Å². The first-order chi connectivity index (χ1) is 13.1. The number of rotatable bonds is 5. The van der Waals surface area contributed by atoms with Crippen molar-refractivity contribution in [2.45, 2.75) is 24.4 Å². The molecule has 27 heavy (non-hydrogen) atoms. The van der Waals surface area contributed by atoms with E-state index in [9.17, 15) is 9.90 Å². The highest BCUT2D eigenvalue weighted by Gasteiger charge is 2.49. The first kappa shape index (κ1) is 18.2. The van der Waals surface area contributed by atoms with Gasteiger partial charge in [0.1, 0.15) is 12.0 Å². The second kappa shape index (κ2) is 7.10. The quantitative estimate of drug-likeness (QED) is 0.654. The van der Waals surface area contributed by atoms with Gasteiger partial charge in [-0.2, -0.15) is 0 Å². The molecule has 2 bridgehead atoms. The summed E-state index contributed by atoms with van der Waals surface area (Å²) in [6.45, 7) is 2.90. The van der Waals surface area contributed by atoms with Crippen molar-refractivity contribution in [2.24, 2.45) is 5.92 Å². The van der Waals surface area contributed by atoms with E-state index in [1.807, 2.05) is 60.7 Å². The van der Waals surface area contributed by atoms with E-state index in [4.69, 9.17) is 4.74 Å². The molecule has 4 heteroatoms. The number of esters is 1. The van der Waals surface area contributed by atoms with Crippen molar-refractivity contribution in [1.82, 2.24) is 0 Å². The standard InChI is InChI=1S/C23H28NO3/c1-24-14-12-18(13-15-24)21(16-24)27-22(26)23(17-25,19-8-4-2-5-9-19)20-10-6-3-7-11-20/h2-11,18,21,25H,12-17H2,1H3/q+1. The van der Waals surface area contributed by atoms with Gasteiger partial charge in [-0.1, -0.05) is 60.7 Å². The molecule has 3 aliphatic heterocycles. The van der Waals surface area contributed by atoms with Crippen LogP contribution in [0.1, 0.15) is 24.0 Å². The van der Waals surface area contributed by atoms with E-state index in [0.29, 0.717) is 5.92 Å². The summed E-state index contributed by atoms with van der Waals surface area (Å²) in [5.74, 6) is 0.101. The van der Waals surface area contributed by atoms with Gasteiger partial charge >= 0.3 is 5.97 Å². The molecule has 1 atom stereocenters. The number of carbonyl (C=O) groups is 1. The Morgan fingerprint density at radius 3 is 2.00 bits per heavy atom. The van der Waals surface area contributed by atoms with Crippen LogP contribution in [0.3, 0.4) is 0 Å². The third-order valence-corrected chi connectivity index (χ3v) is 6.60. The van der Waals surface area contributed by atoms with Crippen LogP contribution >= 0.6 is 0 Å². The minimum absolute atomic E-state index is 0.0663. The van der Waals surface area contributed by atoms with Gasteiger partial charge in [0, 0.05) is 18.8 Å². The number of fused-ring (bicyclic) bond motifs is 3. The van der Waals surface area contributed by atoms with Crippen LogP contribution in [0, 0.1) is 5.92 Å². The van der Waals surface area contributed by atoms with Crippen LogP contribution in [0.4, 0.5) is 0 Å². The second-order valence-electron chi connectivity index (χ2n) is 8.33. The van der Waals surface area contributed by atoms with Gasteiger partial charge in [0.15, 0.2) is 6.10 Å². The zero-order valence-electron chi connectivity index (χ0n) is 15.9. The molecule has 3 heterocycles. The molecule has 3 fully saturated rings. The minimum Gasteiger partial charge on any atom is -0.455 e. The van der Waals surface area contributed by atoms with Gasteiger partial charge in [-0.3, -0.25) is 4.79 Å².